The molecule has 1 aromatic heterocycles. The summed E-state index contributed by atoms with van der Waals surface area (Å²) in [6, 6.07) is 2.50. The summed E-state index contributed by atoms with van der Waals surface area (Å²) in [6.07, 6.45) is 3.64. The van der Waals surface area contributed by atoms with Gasteiger partial charge in [0.05, 0.1) is 18.1 Å². The highest BCUT2D eigenvalue weighted by Gasteiger charge is 2.28. The lowest BCUT2D eigenvalue weighted by atomic mass is 10.1. The fourth-order valence-electron chi connectivity index (χ4n) is 3.36. The Kier molecular flexibility index (Phi) is 6.06. The van der Waals surface area contributed by atoms with Gasteiger partial charge in [0.2, 0.25) is 0 Å². The molecule has 0 aliphatic carbocycles. The van der Waals surface area contributed by atoms with Gasteiger partial charge in [-0.25, -0.2) is 13.8 Å². The van der Waals surface area contributed by atoms with Crippen molar-refractivity contribution in [1.82, 2.24) is 9.97 Å². The molecule has 1 aromatic carbocycles. The van der Waals surface area contributed by atoms with E-state index < -0.39 is 17.6 Å². The molecule has 1 atom stereocenters. The Balaban J connectivity index is 1.81. The van der Waals surface area contributed by atoms with E-state index in [1.54, 1.807) is 11.1 Å². The van der Waals surface area contributed by atoms with Crippen molar-refractivity contribution in [3.8, 4) is 11.3 Å². The van der Waals surface area contributed by atoms with Gasteiger partial charge >= 0.3 is 5.97 Å². The number of carboxylic acid groups (broad SMARTS) is 1. The van der Waals surface area contributed by atoms with Crippen LogP contribution in [0.3, 0.4) is 0 Å². The molecular weight excluding hydrogens is 366 g/mol. The maximum Gasteiger partial charge on any atom is 0.303 e. The highest BCUT2D eigenvalue weighted by Crippen LogP contribution is 2.33. The summed E-state index contributed by atoms with van der Waals surface area (Å²) >= 11 is 0. The molecule has 0 amide bonds. The molecule has 8 heteroatoms. The van der Waals surface area contributed by atoms with Crippen molar-refractivity contribution < 1.29 is 18.7 Å². The van der Waals surface area contributed by atoms with Crippen LogP contribution in [0.5, 0.6) is 0 Å². The third-order valence-corrected chi connectivity index (χ3v) is 4.70. The number of anilines is 2. The van der Waals surface area contributed by atoms with Crippen molar-refractivity contribution in [2.45, 2.75) is 26.7 Å². The zero-order valence-corrected chi connectivity index (χ0v) is 16.0. The van der Waals surface area contributed by atoms with Crippen LogP contribution in [0.25, 0.3) is 11.3 Å². The number of aliphatic carboxylic acids is 1. The van der Waals surface area contributed by atoms with Crippen LogP contribution >= 0.6 is 0 Å². The van der Waals surface area contributed by atoms with E-state index in [9.17, 15) is 13.6 Å². The van der Waals surface area contributed by atoms with Crippen molar-refractivity contribution >= 4 is 17.5 Å². The van der Waals surface area contributed by atoms with Crippen LogP contribution in [-0.4, -0.2) is 40.7 Å². The second-order valence-corrected chi connectivity index (χ2v) is 7.55. The Morgan fingerprint density at radius 1 is 1.32 bits per heavy atom. The largest absolute Gasteiger partial charge is 0.481 e. The topological polar surface area (TPSA) is 78.4 Å². The Morgan fingerprint density at radius 2 is 2.04 bits per heavy atom. The van der Waals surface area contributed by atoms with Gasteiger partial charge in [0.1, 0.15) is 23.1 Å². The van der Waals surface area contributed by atoms with Gasteiger partial charge in [-0.05, 0) is 30.4 Å². The van der Waals surface area contributed by atoms with E-state index in [4.69, 9.17) is 5.11 Å². The lowest BCUT2D eigenvalue weighted by Gasteiger charge is -2.20. The summed E-state index contributed by atoms with van der Waals surface area (Å²) in [5.41, 5.74) is 0.572. The fourth-order valence-corrected chi connectivity index (χ4v) is 3.36. The minimum absolute atomic E-state index is 0.00355. The monoisotopic (exact) mass is 390 g/mol. The molecule has 0 spiro atoms. The lowest BCUT2D eigenvalue weighted by molar-refractivity contribution is -0.137. The Hall–Kier alpha value is -2.77. The first-order chi connectivity index (χ1) is 13.3. The molecule has 0 bridgehead atoms. The summed E-state index contributed by atoms with van der Waals surface area (Å²) in [5.74, 6) is -1.41. The number of aromatic nitrogens is 2. The van der Waals surface area contributed by atoms with E-state index in [1.807, 2.05) is 0 Å². The standard InChI is InChI=1S/C20H24F2N4O2/c1-12(2)8-24-18-10-23-9-17(25-18)14-6-15(21)20(16(22)7-14)26-4-3-13(11-26)5-19(27)28/h6-7,9-10,12-13H,3-5,8,11H2,1-2H3,(H,24,25)(H,27,28). The zero-order chi connectivity index (χ0) is 20.3. The molecular formula is C20H24F2N4O2. The smallest absolute Gasteiger partial charge is 0.303 e. The Labute approximate surface area is 162 Å². The summed E-state index contributed by atoms with van der Waals surface area (Å²) in [7, 11) is 0. The third kappa shape index (κ3) is 4.74. The molecule has 6 nitrogen and oxygen atoms in total. The zero-order valence-electron chi connectivity index (χ0n) is 16.0. The fraction of sp³-hybridized carbons (Fsp3) is 0.450. The van der Waals surface area contributed by atoms with E-state index in [0.29, 0.717) is 49.0 Å². The highest BCUT2D eigenvalue weighted by atomic mass is 19.1. The molecule has 1 fully saturated rings. The Morgan fingerprint density at radius 3 is 2.68 bits per heavy atom. The van der Waals surface area contributed by atoms with E-state index in [2.05, 4.69) is 29.1 Å². The van der Waals surface area contributed by atoms with Gasteiger partial charge in [-0.3, -0.25) is 9.78 Å². The SMILES string of the molecule is CC(C)CNc1cncc(-c2cc(F)c(N3CCC(CC(=O)O)C3)c(F)c2)n1. The van der Waals surface area contributed by atoms with Crippen LogP contribution in [0.4, 0.5) is 20.3 Å². The van der Waals surface area contributed by atoms with Gasteiger partial charge in [0, 0.05) is 31.6 Å². The van der Waals surface area contributed by atoms with Gasteiger partial charge in [-0.2, -0.15) is 0 Å². The molecule has 0 saturated carbocycles. The van der Waals surface area contributed by atoms with Gasteiger partial charge < -0.3 is 15.3 Å². The molecule has 0 radical (unpaired) electrons. The predicted molar refractivity (Wildman–Crippen MR) is 103 cm³/mol. The molecule has 28 heavy (non-hydrogen) atoms. The van der Waals surface area contributed by atoms with Crippen LogP contribution in [0, 0.1) is 23.5 Å². The van der Waals surface area contributed by atoms with E-state index in [-0.39, 0.29) is 18.0 Å². The number of carbonyl (C=O) groups is 1. The summed E-state index contributed by atoms with van der Waals surface area (Å²) in [4.78, 5) is 20.9. The number of carboxylic acids is 1. The van der Waals surface area contributed by atoms with E-state index in [1.165, 1.54) is 18.3 Å². The molecule has 1 saturated heterocycles. The summed E-state index contributed by atoms with van der Waals surface area (Å²) in [5, 5.41) is 12.1. The van der Waals surface area contributed by atoms with Crippen molar-refractivity contribution in [2.75, 3.05) is 29.9 Å². The van der Waals surface area contributed by atoms with Crippen LogP contribution in [0.15, 0.2) is 24.5 Å². The number of nitrogens with one attached hydrogen (secondary N) is 1. The number of hydrogen-bond donors (Lipinski definition) is 2. The third-order valence-electron chi connectivity index (χ3n) is 4.70. The molecule has 2 N–H and O–H groups in total. The average molecular weight is 390 g/mol. The lowest BCUT2D eigenvalue weighted by Crippen LogP contribution is -2.23. The Bertz CT molecular complexity index is 837. The van der Waals surface area contributed by atoms with E-state index >= 15 is 0 Å². The minimum Gasteiger partial charge on any atom is -0.481 e. The van der Waals surface area contributed by atoms with Crippen LogP contribution in [0.2, 0.25) is 0 Å². The van der Waals surface area contributed by atoms with Gasteiger partial charge in [-0.15, -0.1) is 0 Å². The number of hydrogen-bond acceptors (Lipinski definition) is 5. The molecule has 1 aliphatic rings. The number of halogens is 2. The van der Waals surface area contributed by atoms with Gasteiger partial charge in [-0.1, -0.05) is 13.8 Å². The summed E-state index contributed by atoms with van der Waals surface area (Å²) < 4.78 is 29.5. The minimum atomic E-state index is -0.896. The molecule has 2 aromatic rings. The summed E-state index contributed by atoms with van der Waals surface area (Å²) in [6.45, 7) is 5.60. The van der Waals surface area contributed by atoms with Crippen molar-refractivity contribution in [1.29, 1.82) is 0 Å². The van der Waals surface area contributed by atoms with Crippen molar-refractivity contribution in [2.24, 2.45) is 11.8 Å². The molecule has 3 rings (SSSR count). The molecule has 1 aliphatic heterocycles. The van der Waals surface area contributed by atoms with Gasteiger partial charge in [0.15, 0.2) is 0 Å². The quantitative estimate of drug-likeness (QED) is 0.749. The first-order valence-electron chi connectivity index (χ1n) is 9.35. The molecule has 1 unspecified atom stereocenters. The van der Waals surface area contributed by atoms with Crippen molar-refractivity contribution in [3.05, 3.63) is 36.2 Å². The maximum absolute atomic E-state index is 14.7. The normalized spacial score (nSPS) is 16.6. The highest BCUT2D eigenvalue weighted by molar-refractivity contribution is 5.68. The number of rotatable bonds is 7. The average Bonchev–Trinajstić information content (AvgIpc) is 3.06. The second kappa shape index (κ2) is 8.50. The van der Waals surface area contributed by atoms with Gasteiger partial charge in [0.25, 0.3) is 0 Å². The molecule has 2 heterocycles. The predicted octanol–water partition coefficient (Wildman–Crippen LogP) is 3.79. The second-order valence-electron chi connectivity index (χ2n) is 7.55. The van der Waals surface area contributed by atoms with E-state index in [0.717, 1.165) is 0 Å². The maximum atomic E-state index is 14.7. The van der Waals surface area contributed by atoms with Crippen molar-refractivity contribution in [3.63, 3.8) is 0 Å². The first kappa shape index (κ1) is 20.0. The number of nitrogens with zero attached hydrogens (tertiary/aromatic N) is 3. The van der Waals surface area contributed by atoms with Crippen LogP contribution < -0.4 is 10.2 Å². The van der Waals surface area contributed by atoms with Crippen LogP contribution in [0.1, 0.15) is 26.7 Å². The number of benzene rings is 1. The molecule has 150 valence electrons. The van der Waals surface area contributed by atoms with Crippen LogP contribution in [-0.2, 0) is 4.79 Å². The first-order valence-corrected chi connectivity index (χ1v) is 9.35.